The minimum absolute atomic E-state index is 0.0721. The van der Waals surface area contributed by atoms with Crippen LogP contribution in [0.4, 0.5) is 11.5 Å². The molecule has 2 aliphatic rings. The molecule has 2 aliphatic carbocycles. The molecule has 0 bridgehead atoms. The number of anilines is 1. The van der Waals surface area contributed by atoms with Gasteiger partial charge in [-0.2, -0.15) is 0 Å². The van der Waals surface area contributed by atoms with Gasteiger partial charge in [0.1, 0.15) is 6.20 Å². The summed E-state index contributed by atoms with van der Waals surface area (Å²) in [5, 5.41) is 18.2. The van der Waals surface area contributed by atoms with Crippen LogP contribution in [-0.4, -0.2) is 21.2 Å². The molecule has 0 aliphatic heterocycles. The first-order chi connectivity index (χ1) is 8.65. The van der Waals surface area contributed by atoms with E-state index < -0.39 is 0 Å². The highest BCUT2D eigenvalue weighted by Crippen LogP contribution is 2.49. The number of hydrogen-bond donors (Lipinski definition) is 1. The number of nitrogens with one attached hydrogen (secondary N) is 1. The first-order valence-corrected chi connectivity index (χ1v) is 6.57. The second kappa shape index (κ2) is 4.26. The zero-order chi connectivity index (χ0) is 12.7. The Kier molecular flexibility index (Phi) is 2.72. The van der Waals surface area contributed by atoms with E-state index in [-0.39, 0.29) is 10.6 Å². The van der Waals surface area contributed by atoms with Crippen LogP contribution >= 0.6 is 0 Å². The van der Waals surface area contributed by atoms with Crippen molar-refractivity contribution in [3.63, 3.8) is 0 Å². The van der Waals surface area contributed by atoms with Crippen LogP contribution in [0, 0.1) is 27.9 Å². The maximum absolute atomic E-state index is 10.9. The van der Waals surface area contributed by atoms with Crippen molar-refractivity contribution in [2.45, 2.75) is 25.7 Å². The van der Waals surface area contributed by atoms with Gasteiger partial charge in [-0.3, -0.25) is 14.8 Å². The Morgan fingerprint density at radius 2 is 2.11 bits per heavy atom. The molecule has 1 aromatic rings. The van der Waals surface area contributed by atoms with Crippen molar-refractivity contribution < 1.29 is 4.92 Å². The van der Waals surface area contributed by atoms with E-state index in [2.05, 4.69) is 10.4 Å². The molecule has 0 spiro atoms. The number of aromatic nitrogens is 2. The molecular formula is C12H18N4O2. The van der Waals surface area contributed by atoms with Crippen LogP contribution < -0.4 is 5.32 Å². The SMILES string of the molecule is Cn1cc([N+](=O)[O-])c(NCC(C2CC2)C2CC2)n1. The second-order valence-electron chi connectivity index (χ2n) is 5.51. The minimum Gasteiger partial charge on any atom is -0.363 e. The molecule has 0 atom stereocenters. The van der Waals surface area contributed by atoms with E-state index in [4.69, 9.17) is 0 Å². The summed E-state index contributed by atoms with van der Waals surface area (Å²) < 4.78 is 1.49. The van der Waals surface area contributed by atoms with E-state index in [1.54, 1.807) is 7.05 Å². The summed E-state index contributed by atoms with van der Waals surface area (Å²) in [6.45, 7) is 0.827. The largest absolute Gasteiger partial charge is 0.363 e. The van der Waals surface area contributed by atoms with Crippen molar-refractivity contribution in [2.24, 2.45) is 24.8 Å². The fourth-order valence-electron chi connectivity index (χ4n) is 2.72. The fraction of sp³-hybridized carbons (Fsp3) is 0.750. The fourth-order valence-corrected chi connectivity index (χ4v) is 2.72. The van der Waals surface area contributed by atoms with Crippen molar-refractivity contribution in [1.29, 1.82) is 0 Å². The molecule has 2 fully saturated rings. The number of rotatable bonds is 6. The summed E-state index contributed by atoms with van der Waals surface area (Å²) in [7, 11) is 1.71. The molecule has 6 nitrogen and oxygen atoms in total. The standard InChI is InChI=1S/C12H18N4O2/c1-15-7-11(16(17)18)12(14-15)13-6-10(8-2-3-8)9-4-5-9/h7-10H,2-6H2,1H3,(H,13,14). The molecule has 2 saturated carbocycles. The summed E-state index contributed by atoms with van der Waals surface area (Å²) in [6, 6.07) is 0. The Morgan fingerprint density at radius 1 is 1.50 bits per heavy atom. The van der Waals surface area contributed by atoms with Crippen LogP contribution in [0.5, 0.6) is 0 Å². The third kappa shape index (κ3) is 2.32. The van der Waals surface area contributed by atoms with Crippen LogP contribution in [0.1, 0.15) is 25.7 Å². The zero-order valence-electron chi connectivity index (χ0n) is 10.5. The van der Waals surface area contributed by atoms with E-state index in [9.17, 15) is 10.1 Å². The summed E-state index contributed by atoms with van der Waals surface area (Å²) in [5.74, 6) is 2.78. The Morgan fingerprint density at radius 3 is 2.61 bits per heavy atom. The quantitative estimate of drug-likeness (QED) is 0.620. The van der Waals surface area contributed by atoms with E-state index in [1.165, 1.54) is 36.6 Å². The lowest BCUT2D eigenvalue weighted by Gasteiger charge is -2.15. The molecule has 1 N–H and O–H groups in total. The molecule has 1 aromatic heterocycles. The average molecular weight is 250 g/mol. The summed E-state index contributed by atoms with van der Waals surface area (Å²) >= 11 is 0. The van der Waals surface area contributed by atoms with Crippen molar-refractivity contribution >= 4 is 11.5 Å². The van der Waals surface area contributed by atoms with Gasteiger partial charge in [-0.1, -0.05) is 0 Å². The Bertz CT molecular complexity index is 451. The maximum Gasteiger partial charge on any atom is 0.330 e. The Balaban J connectivity index is 1.66. The third-order valence-corrected chi connectivity index (χ3v) is 3.97. The van der Waals surface area contributed by atoms with Crippen molar-refractivity contribution in [3.8, 4) is 0 Å². The Labute approximate surface area is 106 Å². The van der Waals surface area contributed by atoms with E-state index in [0.29, 0.717) is 11.7 Å². The van der Waals surface area contributed by atoms with E-state index in [0.717, 1.165) is 18.4 Å². The molecule has 6 heteroatoms. The van der Waals surface area contributed by atoms with Crippen molar-refractivity contribution in [1.82, 2.24) is 9.78 Å². The molecule has 98 valence electrons. The highest BCUT2D eigenvalue weighted by Gasteiger charge is 2.41. The summed E-state index contributed by atoms with van der Waals surface area (Å²) in [6.07, 6.45) is 6.76. The zero-order valence-corrected chi connectivity index (χ0v) is 10.5. The molecule has 0 saturated heterocycles. The van der Waals surface area contributed by atoms with Crippen LogP contribution in [0.25, 0.3) is 0 Å². The maximum atomic E-state index is 10.9. The molecule has 1 heterocycles. The first kappa shape index (κ1) is 11.5. The smallest absolute Gasteiger partial charge is 0.330 e. The van der Waals surface area contributed by atoms with Gasteiger partial charge in [-0.15, -0.1) is 5.10 Å². The number of hydrogen-bond acceptors (Lipinski definition) is 4. The molecule has 0 aromatic carbocycles. The highest BCUT2D eigenvalue weighted by atomic mass is 16.6. The lowest BCUT2D eigenvalue weighted by Crippen LogP contribution is -2.19. The van der Waals surface area contributed by atoms with E-state index >= 15 is 0 Å². The number of nitro groups is 1. The van der Waals surface area contributed by atoms with Gasteiger partial charge in [-0.05, 0) is 43.4 Å². The topological polar surface area (TPSA) is 73.0 Å². The van der Waals surface area contributed by atoms with Gasteiger partial charge in [0.15, 0.2) is 0 Å². The number of nitrogens with zero attached hydrogens (tertiary/aromatic N) is 3. The molecular weight excluding hydrogens is 232 g/mol. The lowest BCUT2D eigenvalue weighted by molar-refractivity contribution is -0.384. The van der Waals surface area contributed by atoms with Crippen molar-refractivity contribution in [2.75, 3.05) is 11.9 Å². The average Bonchev–Trinajstić information content (AvgIpc) is 3.19. The number of aryl methyl sites for hydroxylation is 1. The normalized spacial score (nSPS) is 19.2. The van der Waals surface area contributed by atoms with Crippen LogP contribution in [0.2, 0.25) is 0 Å². The molecule has 0 amide bonds. The molecule has 18 heavy (non-hydrogen) atoms. The van der Waals surface area contributed by atoms with Crippen LogP contribution in [0.15, 0.2) is 6.20 Å². The van der Waals surface area contributed by atoms with Crippen LogP contribution in [0.3, 0.4) is 0 Å². The van der Waals surface area contributed by atoms with Gasteiger partial charge in [0.2, 0.25) is 5.82 Å². The molecule has 3 rings (SSSR count). The predicted molar refractivity (Wildman–Crippen MR) is 67.3 cm³/mol. The predicted octanol–water partition coefficient (Wildman–Crippen LogP) is 2.18. The summed E-state index contributed by atoms with van der Waals surface area (Å²) in [4.78, 5) is 10.5. The second-order valence-corrected chi connectivity index (χ2v) is 5.51. The van der Waals surface area contributed by atoms with Crippen molar-refractivity contribution in [3.05, 3.63) is 16.3 Å². The van der Waals surface area contributed by atoms with Gasteiger partial charge in [0.25, 0.3) is 0 Å². The van der Waals surface area contributed by atoms with Crippen LogP contribution in [-0.2, 0) is 7.05 Å². The Hall–Kier alpha value is -1.59. The van der Waals surface area contributed by atoms with Gasteiger partial charge in [0.05, 0.1) is 4.92 Å². The summed E-state index contributed by atoms with van der Waals surface area (Å²) in [5.41, 5.74) is 0.0721. The molecule has 0 radical (unpaired) electrons. The van der Waals surface area contributed by atoms with Gasteiger partial charge < -0.3 is 5.32 Å². The van der Waals surface area contributed by atoms with Gasteiger partial charge in [0, 0.05) is 13.6 Å². The van der Waals surface area contributed by atoms with Gasteiger partial charge in [-0.25, -0.2) is 0 Å². The molecule has 0 unspecified atom stereocenters. The highest BCUT2D eigenvalue weighted by molar-refractivity contribution is 5.54. The minimum atomic E-state index is -0.376. The first-order valence-electron chi connectivity index (χ1n) is 6.57. The third-order valence-electron chi connectivity index (χ3n) is 3.97. The lowest BCUT2D eigenvalue weighted by atomic mass is 9.98. The van der Waals surface area contributed by atoms with Gasteiger partial charge >= 0.3 is 5.69 Å². The monoisotopic (exact) mass is 250 g/mol. The van der Waals surface area contributed by atoms with E-state index in [1.807, 2.05) is 0 Å².